The molecule has 106 valence electrons. The number of nitrogens with zero attached hydrogens (tertiary/aromatic N) is 2. The minimum absolute atomic E-state index is 0.689. The Labute approximate surface area is 119 Å². The van der Waals surface area contributed by atoms with Gasteiger partial charge in [-0.05, 0) is 49.4 Å². The van der Waals surface area contributed by atoms with Crippen molar-refractivity contribution >= 4 is 11.6 Å². The van der Waals surface area contributed by atoms with Gasteiger partial charge in [-0.25, -0.2) is 4.98 Å². The number of fused-ring (bicyclic) bond motifs is 1. The largest absolute Gasteiger partial charge is 0.383 e. The van der Waals surface area contributed by atoms with Gasteiger partial charge in [-0.15, -0.1) is 0 Å². The molecule has 3 rings (SSSR count). The lowest BCUT2D eigenvalue weighted by Crippen LogP contribution is -2.07. The van der Waals surface area contributed by atoms with E-state index < -0.39 is 0 Å². The summed E-state index contributed by atoms with van der Waals surface area (Å²) in [5.41, 5.74) is 5.11. The number of benzene rings is 1. The third-order valence-corrected chi connectivity index (χ3v) is 3.79. The maximum absolute atomic E-state index is 5.14. The van der Waals surface area contributed by atoms with E-state index in [2.05, 4.69) is 39.3 Å². The third kappa shape index (κ3) is 2.70. The Hall–Kier alpha value is -1.81. The van der Waals surface area contributed by atoms with E-state index in [0.717, 1.165) is 23.9 Å². The van der Waals surface area contributed by atoms with Crippen LogP contribution in [0.3, 0.4) is 0 Å². The molecule has 1 aromatic carbocycles. The summed E-state index contributed by atoms with van der Waals surface area (Å²) in [6.07, 6.45) is 5.74. The van der Waals surface area contributed by atoms with Crippen LogP contribution in [0.5, 0.6) is 0 Å². The standard InChI is InChI=1S/C16H21N3O/c1-12-11-19(8-9-20-2)16(17-12)18-15-7-6-13-4-3-5-14(13)10-15/h6-7,10-11H,3-5,8-9H2,1-2H3,(H,17,18). The van der Waals surface area contributed by atoms with E-state index in [-0.39, 0.29) is 0 Å². The van der Waals surface area contributed by atoms with E-state index in [4.69, 9.17) is 4.74 Å². The summed E-state index contributed by atoms with van der Waals surface area (Å²) < 4.78 is 7.25. The normalized spacial score (nSPS) is 13.5. The highest BCUT2D eigenvalue weighted by Gasteiger charge is 2.12. The highest BCUT2D eigenvalue weighted by Crippen LogP contribution is 2.26. The van der Waals surface area contributed by atoms with Crippen molar-refractivity contribution in [1.82, 2.24) is 9.55 Å². The van der Waals surface area contributed by atoms with Gasteiger partial charge in [-0.2, -0.15) is 0 Å². The Kier molecular flexibility index (Phi) is 3.74. The molecule has 0 saturated carbocycles. The highest BCUT2D eigenvalue weighted by atomic mass is 16.5. The summed E-state index contributed by atoms with van der Waals surface area (Å²) in [5.74, 6) is 0.887. The monoisotopic (exact) mass is 271 g/mol. The van der Waals surface area contributed by atoms with Crippen molar-refractivity contribution in [3.63, 3.8) is 0 Å². The van der Waals surface area contributed by atoms with E-state index in [9.17, 15) is 0 Å². The molecule has 0 radical (unpaired) electrons. The van der Waals surface area contributed by atoms with Gasteiger partial charge in [0.15, 0.2) is 0 Å². The first-order valence-electron chi connectivity index (χ1n) is 7.18. The minimum atomic E-state index is 0.689. The van der Waals surface area contributed by atoms with Crippen molar-refractivity contribution in [3.05, 3.63) is 41.2 Å². The van der Waals surface area contributed by atoms with Gasteiger partial charge < -0.3 is 14.6 Å². The number of anilines is 2. The first-order valence-corrected chi connectivity index (χ1v) is 7.18. The highest BCUT2D eigenvalue weighted by molar-refractivity contribution is 5.57. The zero-order valence-electron chi connectivity index (χ0n) is 12.1. The Bertz CT molecular complexity index is 604. The number of aryl methyl sites for hydroxylation is 3. The van der Waals surface area contributed by atoms with Gasteiger partial charge in [-0.1, -0.05) is 6.07 Å². The zero-order valence-corrected chi connectivity index (χ0v) is 12.1. The predicted molar refractivity (Wildman–Crippen MR) is 80.6 cm³/mol. The van der Waals surface area contributed by atoms with Crippen molar-refractivity contribution < 1.29 is 4.74 Å². The van der Waals surface area contributed by atoms with E-state index in [0.29, 0.717) is 6.61 Å². The molecule has 0 bridgehead atoms. The van der Waals surface area contributed by atoms with Crippen LogP contribution in [0.2, 0.25) is 0 Å². The smallest absolute Gasteiger partial charge is 0.207 e. The van der Waals surface area contributed by atoms with Crippen molar-refractivity contribution in [1.29, 1.82) is 0 Å². The van der Waals surface area contributed by atoms with Crippen LogP contribution < -0.4 is 5.32 Å². The maximum atomic E-state index is 5.14. The lowest BCUT2D eigenvalue weighted by atomic mass is 10.1. The fraction of sp³-hybridized carbons (Fsp3) is 0.438. The second-order valence-electron chi connectivity index (χ2n) is 5.35. The van der Waals surface area contributed by atoms with Gasteiger partial charge in [0, 0.05) is 25.5 Å². The number of aromatic nitrogens is 2. The van der Waals surface area contributed by atoms with Crippen molar-refractivity contribution in [2.24, 2.45) is 0 Å². The quantitative estimate of drug-likeness (QED) is 0.908. The third-order valence-electron chi connectivity index (χ3n) is 3.79. The van der Waals surface area contributed by atoms with Crippen LogP contribution in [0.15, 0.2) is 24.4 Å². The number of hydrogen-bond donors (Lipinski definition) is 1. The van der Waals surface area contributed by atoms with Crippen LogP contribution in [-0.4, -0.2) is 23.3 Å². The van der Waals surface area contributed by atoms with Gasteiger partial charge in [0.1, 0.15) is 0 Å². The van der Waals surface area contributed by atoms with E-state index in [1.54, 1.807) is 7.11 Å². The number of hydrogen-bond acceptors (Lipinski definition) is 3. The molecule has 1 aliphatic carbocycles. The summed E-state index contributed by atoms with van der Waals surface area (Å²) in [7, 11) is 1.72. The summed E-state index contributed by atoms with van der Waals surface area (Å²) in [6.45, 7) is 3.51. The molecule has 20 heavy (non-hydrogen) atoms. The molecule has 4 nitrogen and oxygen atoms in total. The van der Waals surface area contributed by atoms with Gasteiger partial charge in [0.2, 0.25) is 5.95 Å². The van der Waals surface area contributed by atoms with Gasteiger partial charge in [0.25, 0.3) is 0 Å². The van der Waals surface area contributed by atoms with Gasteiger partial charge in [0.05, 0.1) is 12.3 Å². The van der Waals surface area contributed by atoms with E-state index in [1.807, 2.05) is 6.92 Å². The Morgan fingerprint density at radius 2 is 2.15 bits per heavy atom. The van der Waals surface area contributed by atoms with Crippen LogP contribution in [0.4, 0.5) is 11.6 Å². The predicted octanol–water partition coefficient (Wildman–Crippen LogP) is 3.07. The van der Waals surface area contributed by atoms with Crippen molar-refractivity contribution in [2.75, 3.05) is 19.0 Å². The number of imidazole rings is 1. The summed E-state index contributed by atoms with van der Waals surface area (Å²) in [6, 6.07) is 6.64. The molecule has 0 saturated heterocycles. The second-order valence-corrected chi connectivity index (χ2v) is 5.35. The molecule has 1 heterocycles. The molecule has 2 aromatic rings. The van der Waals surface area contributed by atoms with Gasteiger partial charge >= 0.3 is 0 Å². The first-order chi connectivity index (χ1) is 9.76. The fourth-order valence-electron chi connectivity index (χ4n) is 2.79. The first kappa shape index (κ1) is 13.2. The van der Waals surface area contributed by atoms with Crippen LogP contribution in [0, 0.1) is 6.92 Å². The molecular weight excluding hydrogens is 250 g/mol. The molecule has 0 spiro atoms. The molecular formula is C16H21N3O. The van der Waals surface area contributed by atoms with Crippen LogP contribution >= 0.6 is 0 Å². The Morgan fingerprint density at radius 1 is 1.30 bits per heavy atom. The van der Waals surface area contributed by atoms with Gasteiger partial charge in [-0.3, -0.25) is 0 Å². The lowest BCUT2D eigenvalue weighted by Gasteiger charge is -2.10. The Balaban J connectivity index is 1.80. The van der Waals surface area contributed by atoms with E-state index >= 15 is 0 Å². The lowest BCUT2D eigenvalue weighted by molar-refractivity contribution is 0.188. The second kappa shape index (κ2) is 5.67. The molecule has 0 atom stereocenters. The molecule has 1 aromatic heterocycles. The van der Waals surface area contributed by atoms with E-state index in [1.165, 1.54) is 30.4 Å². The number of nitrogens with one attached hydrogen (secondary N) is 1. The topological polar surface area (TPSA) is 39.1 Å². The fourth-order valence-corrected chi connectivity index (χ4v) is 2.79. The van der Waals surface area contributed by atoms with Crippen molar-refractivity contribution in [3.8, 4) is 0 Å². The zero-order chi connectivity index (χ0) is 13.9. The molecule has 0 amide bonds. The molecule has 0 fully saturated rings. The molecule has 0 aliphatic heterocycles. The molecule has 4 heteroatoms. The van der Waals surface area contributed by atoms with Crippen LogP contribution in [0.25, 0.3) is 0 Å². The van der Waals surface area contributed by atoms with Crippen LogP contribution in [-0.2, 0) is 24.1 Å². The minimum Gasteiger partial charge on any atom is -0.383 e. The molecule has 1 aliphatic rings. The average Bonchev–Trinajstić information content (AvgIpc) is 3.02. The molecule has 1 N–H and O–H groups in total. The summed E-state index contributed by atoms with van der Waals surface area (Å²) in [4.78, 5) is 4.55. The number of methoxy groups -OCH3 is 1. The average molecular weight is 271 g/mol. The van der Waals surface area contributed by atoms with Crippen molar-refractivity contribution in [2.45, 2.75) is 32.7 Å². The SMILES string of the molecule is COCCn1cc(C)nc1Nc1ccc2c(c1)CCC2. The maximum Gasteiger partial charge on any atom is 0.207 e. The molecule has 0 unspecified atom stereocenters. The summed E-state index contributed by atoms with van der Waals surface area (Å²) in [5, 5.41) is 3.43. The number of rotatable bonds is 5. The summed E-state index contributed by atoms with van der Waals surface area (Å²) >= 11 is 0. The Morgan fingerprint density at radius 3 is 3.00 bits per heavy atom. The van der Waals surface area contributed by atoms with Crippen LogP contribution in [0.1, 0.15) is 23.2 Å². The number of ether oxygens (including phenoxy) is 1.